The standard InChI is InChI=1S/C28H27FN4O5/c1-16(2)22-10-11-23(17-4-6-19(29)7-5-17)33(22)24(34)15-32-25(35)28(38-27(32)37)13-12-18-14-20(8-9-21(18)28)31-26(36)30-3/h4-11,14,16H,12-13,15H2,1-3H3,(H2,30,31,36)/t28-/m1/s1. The Hall–Kier alpha value is -4.47. The summed E-state index contributed by atoms with van der Waals surface area (Å²) >= 11 is 0. The number of benzene rings is 2. The second-order valence-electron chi connectivity index (χ2n) is 9.70. The van der Waals surface area contributed by atoms with Crippen LogP contribution in [-0.2, 0) is 21.6 Å². The monoisotopic (exact) mass is 518 g/mol. The minimum Gasteiger partial charge on any atom is -0.427 e. The topological polar surface area (TPSA) is 110 Å². The van der Waals surface area contributed by atoms with Crippen LogP contribution in [0.15, 0.2) is 54.6 Å². The van der Waals surface area contributed by atoms with E-state index in [1.807, 2.05) is 19.9 Å². The molecular formula is C28H27FN4O5. The molecule has 1 atom stereocenters. The van der Waals surface area contributed by atoms with Crippen molar-refractivity contribution in [1.82, 2.24) is 14.8 Å². The average Bonchev–Trinajstić information content (AvgIpc) is 3.56. The molecule has 2 aliphatic rings. The van der Waals surface area contributed by atoms with E-state index in [0.29, 0.717) is 34.6 Å². The SMILES string of the molecule is CNC(=O)Nc1ccc2c(c1)CC[C@@]21OC(=O)N(CC(=O)n2c(-c3ccc(F)cc3)ccc2C(C)C)C1=O. The van der Waals surface area contributed by atoms with Crippen molar-refractivity contribution in [2.24, 2.45) is 0 Å². The van der Waals surface area contributed by atoms with Gasteiger partial charge in [-0.15, -0.1) is 0 Å². The van der Waals surface area contributed by atoms with Gasteiger partial charge in [0.25, 0.3) is 11.8 Å². The number of urea groups is 1. The van der Waals surface area contributed by atoms with Crippen molar-refractivity contribution in [3.8, 4) is 11.3 Å². The lowest BCUT2D eigenvalue weighted by atomic mass is 9.94. The molecule has 2 heterocycles. The van der Waals surface area contributed by atoms with E-state index >= 15 is 0 Å². The van der Waals surface area contributed by atoms with Gasteiger partial charge in [0.2, 0.25) is 5.60 Å². The maximum absolute atomic E-state index is 13.6. The molecule has 1 aromatic heterocycles. The summed E-state index contributed by atoms with van der Waals surface area (Å²) < 4.78 is 20.6. The summed E-state index contributed by atoms with van der Waals surface area (Å²) in [7, 11) is 1.50. The molecule has 1 spiro atoms. The summed E-state index contributed by atoms with van der Waals surface area (Å²) in [5.41, 5.74) is 2.23. The molecule has 38 heavy (non-hydrogen) atoms. The molecule has 9 nitrogen and oxygen atoms in total. The highest BCUT2D eigenvalue weighted by Gasteiger charge is 2.58. The third-order valence-electron chi connectivity index (χ3n) is 7.03. The minimum atomic E-state index is -1.50. The highest BCUT2D eigenvalue weighted by molar-refractivity contribution is 6.07. The maximum atomic E-state index is 13.6. The second-order valence-corrected chi connectivity index (χ2v) is 9.70. The van der Waals surface area contributed by atoms with Gasteiger partial charge in [0.05, 0.1) is 5.69 Å². The van der Waals surface area contributed by atoms with Crippen LogP contribution in [0.2, 0.25) is 0 Å². The Labute approximate surface area is 218 Å². The number of carbonyl (C=O) groups excluding carboxylic acids is 4. The zero-order chi connectivity index (χ0) is 27.2. The Kier molecular flexibility index (Phi) is 6.26. The van der Waals surface area contributed by atoms with Crippen LogP contribution >= 0.6 is 0 Å². The van der Waals surface area contributed by atoms with Gasteiger partial charge in [-0.1, -0.05) is 19.9 Å². The number of aromatic nitrogens is 1. The van der Waals surface area contributed by atoms with Crippen molar-refractivity contribution in [2.75, 3.05) is 18.9 Å². The zero-order valence-electron chi connectivity index (χ0n) is 21.2. The van der Waals surface area contributed by atoms with E-state index in [4.69, 9.17) is 4.74 Å². The van der Waals surface area contributed by atoms with Crippen LogP contribution in [0.25, 0.3) is 11.3 Å². The molecule has 2 aromatic carbocycles. The molecule has 1 fully saturated rings. The first-order valence-corrected chi connectivity index (χ1v) is 12.3. The van der Waals surface area contributed by atoms with Gasteiger partial charge in [-0.2, -0.15) is 0 Å². The van der Waals surface area contributed by atoms with Crippen molar-refractivity contribution in [2.45, 2.75) is 38.2 Å². The number of fused-ring (bicyclic) bond motifs is 2. The van der Waals surface area contributed by atoms with E-state index in [9.17, 15) is 23.6 Å². The van der Waals surface area contributed by atoms with E-state index in [2.05, 4.69) is 10.6 Å². The number of rotatable bonds is 5. The molecule has 2 N–H and O–H groups in total. The number of imide groups is 1. The van der Waals surface area contributed by atoms with Crippen molar-refractivity contribution in [3.05, 3.63) is 77.2 Å². The van der Waals surface area contributed by atoms with Crippen LogP contribution in [0.1, 0.15) is 47.8 Å². The van der Waals surface area contributed by atoms with Crippen molar-refractivity contribution < 1.29 is 28.3 Å². The van der Waals surface area contributed by atoms with E-state index < -0.39 is 35.9 Å². The summed E-state index contributed by atoms with van der Waals surface area (Å²) in [5.74, 6) is -1.50. The number of nitrogens with one attached hydrogen (secondary N) is 2. The number of carbonyl (C=O) groups is 4. The minimum absolute atomic E-state index is 0.0278. The van der Waals surface area contributed by atoms with Gasteiger partial charge in [-0.05, 0) is 72.0 Å². The van der Waals surface area contributed by atoms with Gasteiger partial charge in [0, 0.05) is 30.4 Å². The fourth-order valence-electron chi connectivity index (χ4n) is 5.16. The molecule has 10 heteroatoms. The predicted octanol–water partition coefficient (Wildman–Crippen LogP) is 4.63. The first-order chi connectivity index (χ1) is 18.1. The molecule has 5 rings (SSSR count). The molecule has 0 bridgehead atoms. The summed E-state index contributed by atoms with van der Waals surface area (Å²) in [5, 5.41) is 5.16. The fraction of sp³-hybridized carbons (Fsp3) is 0.286. The number of aryl methyl sites for hydroxylation is 1. The molecule has 1 aliphatic carbocycles. The predicted molar refractivity (Wildman–Crippen MR) is 137 cm³/mol. The number of anilines is 1. The molecule has 196 valence electrons. The largest absolute Gasteiger partial charge is 0.427 e. The first-order valence-electron chi connectivity index (χ1n) is 12.3. The number of amides is 4. The van der Waals surface area contributed by atoms with Gasteiger partial charge in [0.1, 0.15) is 12.4 Å². The lowest BCUT2D eigenvalue weighted by Crippen LogP contribution is -2.41. The van der Waals surface area contributed by atoms with Crippen LogP contribution in [0.4, 0.5) is 19.7 Å². The van der Waals surface area contributed by atoms with Gasteiger partial charge >= 0.3 is 12.1 Å². The van der Waals surface area contributed by atoms with Gasteiger partial charge in [-0.25, -0.2) is 18.9 Å². The highest BCUT2D eigenvalue weighted by Crippen LogP contribution is 2.46. The Morgan fingerprint density at radius 1 is 1.08 bits per heavy atom. The number of ether oxygens (including phenoxy) is 1. The van der Waals surface area contributed by atoms with Crippen LogP contribution in [0.3, 0.4) is 0 Å². The Balaban J connectivity index is 1.43. The van der Waals surface area contributed by atoms with Crippen molar-refractivity contribution in [3.63, 3.8) is 0 Å². The second kappa shape index (κ2) is 9.44. The normalized spacial score (nSPS) is 18.2. The van der Waals surface area contributed by atoms with E-state index in [1.165, 1.54) is 23.7 Å². The molecule has 1 aliphatic heterocycles. The third-order valence-corrected chi connectivity index (χ3v) is 7.03. The molecule has 0 saturated carbocycles. The van der Waals surface area contributed by atoms with Crippen LogP contribution < -0.4 is 10.6 Å². The number of nitrogens with zero attached hydrogens (tertiary/aromatic N) is 2. The van der Waals surface area contributed by atoms with Crippen LogP contribution in [0, 0.1) is 5.82 Å². The smallest absolute Gasteiger partial charge is 0.418 e. The van der Waals surface area contributed by atoms with Crippen LogP contribution in [0.5, 0.6) is 0 Å². The molecule has 1 saturated heterocycles. The zero-order valence-corrected chi connectivity index (χ0v) is 21.2. The van der Waals surface area contributed by atoms with E-state index in [0.717, 1.165) is 10.5 Å². The summed E-state index contributed by atoms with van der Waals surface area (Å²) in [4.78, 5) is 52.7. The third kappa shape index (κ3) is 4.11. The molecule has 3 aromatic rings. The van der Waals surface area contributed by atoms with Crippen LogP contribution in [-0.4, -0.2) is 47.0 Å². The summed E-state index contributed by atoms with van der Waals surface area (Å²) in [6, 6.07) is 14.0. The lowest BCUT2D eigenvalue weighted by Gasteiger charge is -2.21. The lowest BCUT2D eigenvalue weighted by molar-refractivity contribution is -0.137. The van der Waals surface area contributed by atoms with E-state index in [-0.39, 0.29) is 18.4 Å². The van der Waals surface area contributed by atoms with Gasteiger partial charge in [0.15, 0.2) is 0 Å². The molecule has 4 amide bonds. The molecular weight excluding hydrogens is 491 g/mol. The van der Waals surface area contributed by atoms with Crippen molar-refractivity contribution >= 4 is 29.6 Å². The molecule has 0 unspecified atom stereocenters. The average molecular weight is 519 g/mol. The summed E-state index contributed by atoms with van der Waals surface area (Å²) in [6.45, 7) is 3.36. The maximum Gasteiger partial charge on any atom is 0.418 e. The Morgan fingerprint density at radius 3 is 2.50 bits per heavy atom. The quantitative estimate of drug-likeness (QED) is 0.512. The number of hydrogen-bond acceptors (Lipinski definition) is 5. The number of hydrogen-bond donors (Lipinski definition) is 2. The summed E-state index contributed by atoms with van der Waals surface area (Å²) in [6.07, 6.45) is -0.184. The number of halogens is 1. The fourth-order valence-corrected chi connectivity index (χ4v) is 5.16. The molecule has 0 radical (unpaired) electrons. The Bertz CT molecular complexity index is 1460. The van der Waals surface area contributed by atoms with E-state index in [1.54, 1.807) is 36.4 Å². The first kappa shape index (κ1) is 25.2. The van der Waals surface area contributed by atoms with Gasteiger partial charge < -0.3 is 15.4 Å². The highest BCUT2D eigenvalue weighted by atomic mass is 19.1. The van der Waals surface area contributed by atoms with Gasteiger partial charge in [-0.3, -0.25) is 14.2 Å². The Morgan fingerprint density at radius 2 is 1.82 bits per heavy atom. The van der Waals surface area contributed by atoms with Crippen molar-refractivity contribution in [1.29, 1.82) is 0 Å².